The third kappa shape index (κ3) is 4.61. The number of rotatable bonds is 8. The predicted octanol–water partition coefficient (Wildman–Crippen LogP) is 3.78. The van der Waals surface area contributed by atoms with Gasteiger partial charge in [0, 0.05) is 12.1 Å². The van der Waals surface area contributed by atoms with Gasteiger partial charge in [-0.3, -0.25) is 9.59 Å². The van der Waals surface area contributed by atoms with E-state index in [1.165, 1.54) is 32.7 Å². The summed E-state index contributed by atoms with van der Waals surface area (Å²) in [4.78, 5) is 28.6. The zero-order valence-electron chi connectivity index (χ0n) is 22.0. The molecule has 0 radical (unpaired) electrons. The van der Waals surface area contributed by atoms with Crippen LogP contribution in [0.3, 0.4) is 0 Å². The van der Waals surface area contributed by atoms with Gasteiger partial charge < -0.3 is 24.7 Å². The van der Waals surface area contributed by atoms with Crippen molar-refractivity contribution in [2.24, 2.45) is 11.8 Å². The summed E-state index contributed by atoms with van der Waals surface area (Å²) in [6, 6.07) is 11.1. The number of ether oxygens (including phenoxy) is 3. The van der Waals surface area contributed by atoms with Gasteiger partial charge in [0.15, 0.2) is 11.5 Å². The molecule has 3 aliphatic rings. The molecule has 4 unspecified atom stereocenters. The Bertz CT molecular complexity index is 1170. The van der Waals surface area contributed by atoms with E-state index in [0.29, 0.717) is 28.6 Å². The Morgan fingerprint density at radius 1 is 0.895 bits per heavy atom. The lowest BCUT2D eigenvalue weighted by Crippen LogP contribution is -2.58. The number of amides is 2. The van der Waals surface area contributed by atoms with Crippen LogP contribution < -0.4 is 24.5 Å². The molecule has 2 aromatic rings. The molecule has 1 aliphatic carbocycles. The highest BCUT2D eigenvalue weighted by atomic mass is 16.5. The van der Waals surface area contributed by atoms with Gasteiger partial charge in [-0.1, -0.05) is 49.6 Å². The van der Waals surface area contributed by atoms with E-state index in [9.17, 15) is 14.7 Å². The summed E-state index contributed by atoms with van der Waals surface area (Å²) in [5.74, 6) is 0.132. The third-order valence-electron chi connectivity index (χ3n) is 7.88. The molecule has 2 aliphatic heterocycles. The molecule has 1 saturated carbocycles. The van der Waals surface area contributed by atoms with Crippen LogP contribution >= 0.6 is 0 Å². The molecule has 9 heteroatoms. The van der Waals surface area contributed by atoms with E-state index in [1.807, 2.05) is 12.1 Å². The van der Waals surface area contributed by atoms with Crippen molar-refractivity contribution in [1.82, 2.24) is 5.01 Å². The number of nitrogens with zero attached hydrogens (tertiary/aromatic N) is 2. The molecule has 2 aromatic carbocycles. The van der Waals surface area contributed by atoms with Crippen molar-refractivity contribution in [1.29, 1.82) is 0 Å². The van der Waals surface area contributed by atoms with Crippen LogP contribution in [0.2, 0.25) is 0 Å². The van der Waals surface area contributed by atoms with Crippen LogP contribution in [0.5, 0.6) is 17.2 Å². The van der Waals surface area contributed by atoms with Crippen LogP contribution in [0.15, 0.2) is 54.6 Å². The summed E-state index contributed by atoms with van der Waals surface area (Å²) in [5.41, 5.74) is 4.46. The molecule has 2 heterocycles. The zero-order chi connectivity index (χ0) is 26.8. The van der Waals surface area contributed by atoms with Gasteiger partial charge in [0.2, 0.25) is 11.7 Å². The van der Waals surface area contributed by atoms with E-state index in [1.54, 1.807) is 47.5 Å². The average molecular weight is 522 g/mol. The minimum atomic E-state index is -0.838. The van der Waals surface area contributed by atoms with Crippen molar-refractivity contribution in [3.8, 4) is 17.2 Å². The topological polar surface area (TPSA) is 101 Å². The molecule has 1 saturated heterocycles. The summed E-state index contributed by atoms with van der Waals surface area (Å²) >= 11 is 0. The molecular formula is C29H35N3O6. The third-order valence-corrected chi connectivity index (χ3v) is 7.88. The van der Waals surface area contributed by atoms with E-state index >= 15 is 0 Å². The number of nitrogens with one attached hydrogen (secondary N) is 1. The number of carbonyl (C=O) groups excluding carboxylic acids is 2. The van der Waals surface area contributed by atoms with Crippen molar-refractivity contribution in [3.63, 3.8) is 0 Å². The Kier molecular flexibility index (Phi) is 7.58. The Balaban J connectivity index is 1.54. The fourth-order valence-electron chi connectivity index (χ4n) is 5.97. The highest BCUT2D eigenvalue weighted by Gasteiger charge is 2.54. The minimum Gasteiger partial charge on any atom is -0.493 e. The summed E-state index contributed by atoms with van der Waals surface area (Å²) in [6.45, 7) is 0. The lowest BCUT2D eigenvalue weighted by atomic mass is 9.80. The highest BCUT2D eigenvalue weighted by molar-refractivity contribution is 6.24. The molecule has 2 fully saturated rings. The highest BCUT2D eigenvalue weighted by Crippen LogP contribution is 2.42. The Labute approximate surface area is 222 Å². The first-order valence-electron chi connectivity index (χ1n) is 13.1. The van der Waals surface area contributed by atoms with Gasteiger partial charge in [-0.25, -0.2) is 9.91 Å². The number of aliphatic hydroxyl groups excluding tert-OH is 1. The summed E-state index contributed by atoms with van der Waals surface area (Å²) < 4.78 is 16.5. The first kappa shape index (κ1) is 26.1. The average Bonchev–Trinajstić information content (AvgIpc) is 3.22. The van der Waals surface area contributed by atoms with Crippen molar-refractivity contribution in [3.05, 3.63) is 54.6 Å². The normalized spacial score (nSPS) is 24.7. The van der Waals surface area contributed by atoms with Crippen LogP contribution in [0.1, 0.15) is 32.1 Å². The standard InChI is InChI=1S/C29H35N3O6/c1-36-23-16-19(17-24(37-2)27(23)38-3)30-32-22(26(33)18-10-6-4-7-11-18)15-14-21-25(32)29(35)31(28(21)34)20-12-8-5-9-13-20/h5,8-9,12-18,21-22,25-26,30,33H,4,6-7,10-11H2,1-3H3. The van der Waals surface area contributed by atoms with Crippen molar-refractivity contribution >= 4 is 23.2 Å². The predicted molar refractivity (Wildman–Crippen MR) is 143 cm³/mol. The van der Waals surface area contributed by atoms with Gasteiger partial charge in [0.25, 0.3) is 5.91 Å². The zero-order valence-corrected chi connectivity index (χ0v) is 22.0. The minimum absolute atomic E-state index is 0.108. The number of carbonyl (C=O) groups is 2. The summed E-state index contributed by atoms with van der Waals surface area (Å²) in [6.07, 6.45) is 8.12. The summed E-state index contributed by atoms with van der Waals surface area (Å²) in [5, 5.41) is 13.3. The van der Waals surface area contributed by atoms with Gasteiger partial charge in [-0.05, 0) is 30.9 Å². The first-order chi connectivity index (χ1) is 18.5. The Morgan fingerprint density at radius 2 is 1.55 bits per heavy atom. The number of anilines is 2. The molecule has 2 N–H and O–H groups in total. The van der Waals surface area contributed by atoms with Gasteiger partial charge in [0.1, 0.15) is 6.04 Å². The number of hydrogen-bond acceptors (Lipinski definition) is 8. The maximum Gasteiger partial charge on any atom is 0.254 e. The molecule has 2 amide bonds. The second kappa shape index (κ2) is 11.0. The van der Waals surface area contributed by atoms with Crippen molar-refractivity contribution in [2.75, 3.05) is 31.7 Å². The maximum absolute atomic E-state index is 13.9. The Morgan fingerprint density at radius 3 is 2.16 bits per heavy atom. The largest absolute Gasteiger partial charge is 0.493 e. The molecule has 0 bridgehead atoms. The van der Waals surface area contributed by atoms with Crippen LogP contribution in [0, 0.1) is 11.8 Å². The number of imide groups is 1. The lowest BCUT2D eigenvalue weighted by Gasteiger charge is -2.43. The van der Waals surface area contributed by atoms with E-state index in [-0.39, 0.29) is 17.7 Å². The van der Waals surface area contributed by atoms with E-state index < -0.39 is 24.1 Å². The molecule has 38 heavy (non-hydrogen) atoms. The molecule has 0 aromatic heterocycles. The van der Waals surface area contributed by atoms with Crippen molar-refractivity contribution < 1.29 is 28.9 Å². The van der Waals surface area contributed by atoms with Gasteiger partial charge in [-0.15, -0.1) is 0 Å². The number of fused-ring (bicyclic) bond motifs is 1. The number of methoxy groups -OCH3 is 3. The van der Waals surface area contributed by atoms with E-state index in [2.05, 4.69) is 5.43 Å². The number of aliphatic hydroxyl groups is 1. The number of para-hydroxylation sites is 1. The number of benzene rings is 2. The smallest absolute Gasteiger partial charge is 0.254 e. The number of hydrogen-bond donors (Lipinski definition) is 2. The number of hydrazine groups is 1. The van der Waals surface area contributed by atoms with Crippen LogP contribution in [0.25, 0.3) is 0 Å². The second-order valence-corrected chi connectivity index (χ2v) is 10.0. The molecular weight excluding hydrogens is 486 g/mol. The first-order valence-corrected chi connectivity index (χ1v) is 13.1. The van der Waals surface area contributed by atoms with Crippen LogP contribution in [0.4, 0.5) is 11.4 Å². The van der Waals surface area contributed by atoms with Gasteiger partial charge in [-0.2, -0.15) is 0 Å². The van der Waals surface area contributed by atoms with Crippen LogP contribution in [-0.4, -0.2) is 61.4 Å². The van der Waals surface area contributed by atoms with Crippen LogP contribution in [-0.2, 0) is 9.59 Å². The maximum atomic E-state index is 13.9. The molecule has 0 spiro atoms. The lowest BCUT2D eigenvalue weighted by molar-refractivity contribution is -0.123. The fourth-order valence-corrected chi connectivity index (χ4v) is 5.97. The molecule has 9 nitrogen and oxygen atoms in total. The SMILES string of the molecule is COc1cc(NN2C(C(O)C3CCCCC3)C=CC3C(=O)N(c4ccccc4)C(=O)C32)cc(OC)c1OC. The quantitative estimate of drug-likeness (QED) is 0.400. The fraction of sp³-hybridized carbons (Fsp3) is 0.448. The Hall–Kier alpha value is -3.56. The monoisotopic (exact) mass is 521 g/mol. The molecule has 4 atom stereocenters. The molecule has 5 rings (SSSR count). The van der Waals surface area contributed by atoms with E-state index in [0.717, 1.165) is 25.7 Å². The van der Waals surface area contributed by atoms with Gasteiger partial charge >= 0.3 is 0 Å². The molecule has 202 valence electrons. The second-order valence-electron chi connectivity index (χ2n) is 10.0. The van der Waals surface area contributed by atoms with Crippen molar-refractivity contribution in [2.45, 2.75) is 50.3 Å². The van der Waals surface area contributed by atoms with E-state index in [4.69, 9.17) is 14.2 Å². The van der Waals surface area contributed by atoms with Gasteiger partial charge in [0.05, 0.1) is 50.8 Å². The summed E-state index contributed by atoms with van der Waals surface area (Å²) in [7, 11) is 4.60.